The summed E-state index contributed by atoms with van der Waals surface area (Å²) in [5.74, 6) is -5.47. The fraction of sp³-hybridized carbons (Fsp3) is 0.642. The van der Waals surface area contributed by atoms with Gasteiger partial charge < -0.3 is 43.4 Å². The van der Waals surface area contributed by atoms with Crippen LogP contribution in [0.2, 0.25) is 5.02 Å². The first-order chi connectivity index (χ1) is 35.0. The van der Waals surface area contributed by atoms with E-state index in [1.54, 1.807) is 45.2 Å². The number of nitrogens with zero attached hydrogens (tertiary/aromatic N) is 4. The fourth-order valence-electron chi connectivity index (χ4n) is 10.6. The lowest BCUT2D eigenvalue weighted by Gasteiger charge is -2.41. The number of carbonyl (C=O) groups is 9. The van der Waals surface area contributed by atoms with Crippen LogP contribution >= 0.6 is 23.4 Å². The normalized spacial score (nSPS) is 31.9. The number of fused-ring (bicyclic) bond motifs is 5. The number of halogens is 1. The molecule has 4 bridgehead atoms. The number of carbonyl (C=O) groups excluding carboxylic acids is 9. The number of aliphatic hydroxyl groups is 1. The Balaban J connectivity index is 0.00000914. The number of allylic oxidation sites excluding steroid dienone is 3. The first-order valence-corrected chi connectivity index (χ1v) is 26.5. The van der Waals surface area contributed by atoms with Crippen molar-refractivity contribution in [1.29, 1.82) is 0 Å². The Bertz CT molecular complexity index is 2460. The van der Waals surface area contributed by atoms with Crippen LogP contribution in [0.5, 0.6) is 5.75 Å². The summed E-state index contributed by atoms with van der Waals surface area (Å²) in [7, 11) is 5.90. The van der Waals surface area contributed by atoms with E-state index >= 15 is 0 Å². The Morgan fingerprint density at radius 1 is 1.00 bits per heavy atom. The van der Waals surface area contributed by atoms with E-state index in [-0.39, 0.29) is 87.4 Å². The molecule has 22 heteroatoms. The van der Waals surface area contributed by atoms with Crippen LogP contribution in [0, 0.1) is 17.8 Å². The second-order valence-electron chi connectivity index (χ2n) is 20.6. The third-order valence-corrected chi connectivity index (χ3v) is 17.0. The van der Waals surface area contributed by atoms with Gasteiger partial charge in [-0.05, 0) is 76.5 Å². The van der Waals surface area contributed by atoms with Crippen molar-refractivity contribution in [2.45, 2.75) is 159 Å². The van der Waals surface area contributed by atoms with Gasteiger partial charge in [-0.2, -0.15) is 0 Å². The molecular formula is C53H71ClN4O16S. The number of benzene rings is 1. The fourth-order valence-corrected chi connectivity index (χ4v) is 12.0. The molecule has 4 saturated heterocycles. The molecule has 412 valence electrons. The van der Waals surface area contributed by atoms with Crippen LogP contribution in [0.25, 0.3) is 0 Å². The molecule has 5 heterocycles. The molecule has 6 amide bonds. The first kappa shape index (κ1) is 58.9. The van der Waals surface area contributed by atoms with Gasteiger partial charge in [0.2, 0.25) is 23.6 Å². The Labute approximate surface area is 447 Å². The van der Waals surface area contributed by atoms with Crippen LogP contribution in [0.15, 0.2) is 35.9 Å². The average Bonchev–Trinajstić information content (AvgIpc) is 3.87. The molecule has 1 unspecified atom stereocenters. The maximum atomic E-state index is 14.4. The Morgan fingerprint density at radius 2 is 1.68 bits per heavy atom. The number of anilines is 1. The molecule has 1 saturated carbocycles. The predicted molar refractivity (Wildman–Crippen MR) is 274 cm³/mol. The van der Waals surface area contributed by atoms with Crippen LogP contribution < -0.4 is 9.64 Å². The largest absolute Gasteiger partial charge is 0.495 e. The molecule has 5 fully saturated rings. The Hall–Kier alpha value is -5.35. The maximum Gasteiger partial charge on any atom is 0.336 e. The summed E-state index contributed by atoms with van der Waals surface area (Å²) < 4.78 is 29.6. The van der Waals surface area contributed by atoms with Gasteiger partial charge in [-0.15, -0.1) is 16.8 Å². The smallest absolute Gasteiger partial charge is 0.336 e. The van der Waals surface area contributed by atoms with E-state index in [0.29, 0.717) is 48.6 Å². The zero-order chi connectivity index (χ0) is 54.0. The third-order valence-electron chi connectivity index (χ3n) is 15.4. The van der Waals surface area contributed by atoms with E-state index in [0.717, 1.165) is 11.1 Å². The minimum absolute atomic E-state index is 0. The molecule has 0 spiro atoms. The number of likely N-dealkylation sites (tertiary alicyclic amines) is 1. The maximum absolute atomic E-state index is 14.4. The Kier molecular flexibility index (Phi) is 19.1. The van der Waals surface area contributed by atoms with Crippen molar-refractivity contribution in [3.8, 4) is 5.75 Å². The molecule has 6 aliphatic rings. The lowest BCUT2D eigenvalue weighted by atomic mass is 9.78. The van der Waals surface area contributed by atoms with E-state index in [2.05, 4.69) is 0 Å². The van der Waals surface area contributed by atoms with Crippen molar-refractivity contribution in [2.75, 3.05) is 45.5 Å². The zero-order valence-corrected chi connectivity index (χ0v) is 44.7. The third kappa shape index (κ3) is 13.1. The van der Waals surface area contributed by atoms with Gasteiger partial charge in [-0.3, -0.25) is 38.5 Å². The molecule has 75 heavy (non-hydrogen) atoms. The number of hydrogen-bond acceptors (Lipinski definition) is 17. The molecule has 1 aliphatic carbocycles. The number of rotatable bonds is 13. The quantitative estimate of drug-likeness (QED) is 0.154. The van der Waals surface area contributed by atoms with E-state index < -0.39 is 100 Å². The number of epoxide rings is 1. The van der Waals surface area contributed by atoms with Gasteiger partial charge in [-0.1, -0.05) is 49.8 Å². The van der Waals surface area contributed by atoms with E-state index in [1.807, 2.05) is 13.0 Å². The molecule has 5 aliphatic heterocycles. The molecular weight excluding hydrogens is 1020 g/mol. The van der Waals surface area contributed by atoms with E-state index in [4.69, 9.17) is 40.1 Å². The number of ether oxygens (including phenoxy) is 5. The van der Waals surface area contributed by atoms with Crippen LogP contribution in [0.3, 0.4) is 0 Å². The van der Waals surface area contributed by atoms with Crippen molar-refractivity contribution in [3.63, 3.8) is 0 Å². The highest BCUT2D eigenvalue weighted by atomic mass is 35.5. The predicted octanol–water partition coefficient (Wildman–Crippen LogP) is 5.06. The second-order valence-corrected chi connectivity index (χ2v) is 22.3. The lowest BCUT2D eigenvalue weighted by molar-refractivity contribution is -0.201. The summed E-state index contributed by atoms with van der Waals surface area (Å²) in [6, 6.07) is 2.39. The number of amides is 6. The van der Waals surface area contributed by atoms with Crippen molar-refractivity contribution in [3.05, 3.63) is 46.5 Å². The van der Waals surface area contributed by atoms with Crippen molar-refractivity contribution >= 4 is 82.4 Å². The summed E-state index contributed by atoms with van der Waals surface area (Å²) in [5.41, 5.74) is -0.914. The van der Waals surface area contributed by atoms with Gasteiger partial charge in [0.25, 0.3) is 11.8 Å². The number of esters is 2. The average molecular weight is 1090 g/mol. The standard InChI is InChI=1S/C52H67ClN4O16S.CH4/c1-28-10-9-11-38(69-8)52(67)25-36(70-45(63)26-52)29(2)47-51(4,72-47)39(24-43(61)55(6)34-21-32(20-28)22-35(68-7)46(34)53)71-49(65)30(3)54(5)40(58)18-19-74-37-23-44(62)56(48(37)64)27-31-12-14-33(15-13-31)50(66)73-57-41(59)16-17-42(57)60;/h9-11,21-22,29-31,33,36-39,47,67H,12-20,23-27H2,1-8H3;1H4/b11-9+,28-10+;/t29-,30+,31?,33?,36+,37?,38-,39+,47+,51+,52-;/m1./s1. The van der Waals surface area contributed by atoms with Crippen molar-refractivity contribution in [1.82, 2.24) is 14.9 Å². The molecule has 20 nitrogen and oxygen atoms in total. The topological polar surface area (TPSA) is 245 Å². The van der Waals surface area contributed by atoms with E-state index in [9.17, 15) is 48.3 Å². The van der Waals surface area contributed by atoms with Gasteiger partial charge >= 0.3 is 17.9 Å². The minimum Gasteiger partial charge on any atom is -0.495 e. The number of hydrogen-bond donors (Lipinski definition) is 1. The number of likely N-dealkylation sites (N-methyl/N-ethyl adjacent to an activating group) is 1. The number of methoxy groups -OCH3 is 2. The molecule has 0 radical (unpaired) electrons. The van der Waals surface area contributed by atoms with Gasteiger partial charge in [-0.25, -0.2) is 9.59 Å². The summed E-state index contributed by atoms with van der Waals surface area (Å²) in [6.07, 6.45) is 3.11. The minimum atomic E-state index is -1.64. The molecule has 0 aromatic heterocycles. The van der Waals surface area contributed by atoms with Crippen LogP contribution in [-0.2, 0) is 73.4 Å². The highest BCUT2D eigenvalue weighted by Crippen LogP contribution is 2.50. The van der Waals surface area contributed by atoms with Gasteiger partial charge in [0.05, 0.1) is 42.9 Å². The molecule has 1 aromatic carbocycles. The molecule has 1 aromatic rings. The van der Waals surface area contributed by atoms with Gasteiger partial charge in [0.15, 0.2) is 0 Å². The van der Waals surface area contributed by atoms with Gasteiger partial charge in [0, 0.05) is 71.5 Å². The van der Waals surface area contributed by atoms with Crippen LogP contribution in [0.1, 0.15) is 111 Å². The monoisotopic (exact) mass is 1090 g/mol. The van der Waals surface area contributed by atoms with Crippen LogP contribution in [-0.4, -0.2) is 161 Å². The zero-order valence-electron chi connectivity index (χ0n) is 43.1. The molecule has 1 N–H and O–H groups in total. The van der Waals surface area contributed by atoms with Crippen LogP contribution in [0.4, 0.5) is 5.69 Å². The summed E-state index contributed by atoms with van der Waals surface area (Å²) in [6.45, 7) is 7.06. The summed E-state index contributed by atoms with van der Waals surface area (Å²) in [4.78, 5) is 127. The van der Waals surface area contributed by atoms with Gasteiger partial charge in [0.1, 0.15) is 46.3 Å². The summed E-state index contributed by atoms with van der Waals surface area (Å²) in [5, 5.41) is 12.0. The summed E-state index contributed by atoms with van der Waals surface area (Å²) >= 11 is 7.99. The number of hydroxylamine groups is 2. The van der Waals surface area contributed by atoms with Crippen molar-refractivity contribution in [2.24, 2.45) is 17.8 Å². The second kappa shape index (κ2) is 24.3. The Morgan fingerprint density at radius 3 is 2.33 bits per heavy atom. The highest BCUT2D eigenvalue weighted by Gasteiger charge is 2.64. The molecule has 9 atom stereocenters. The molecule has 7 rings (SSSR count). The van der Waals surface area contributed by atoms with E-state index in [1.165, 1.54) is 54.7 Å². The highest BCUT2D eigenvalue weighted by molar-refractivity contribution is 8.00. The SMILES string of the molecule is C.COc1cc2cc(c1Cl)N(C)C(=O)C[C@H](OC(=O)[C@H](C)N(C)C(=O)CCSC1CC(=O)N(CC3CCC(C(=O)ON4C(=O)CCC4=O)CC3)C1=O)[C@]1(C)O[C@H]1[C@H](C)[C@@H]1C[C@@](O)(CC(=O)O1)[C@H](OC)/C=C/C=C(\C)C2. The number of thioether (sulfide) groups is 1. The van der Waals surface area contributed by atoms with Crippen molar-refractivity contribution < 1.29 is 76.8 Å². The lowest BCUT2D eigenvalue weighted by Crippen LogP contribution is -2.53. The first-order valence-electron chi connectivity index (χ1n) is 25.1. The number of imide groups is 2.